The third-order valence-electron chi connectivity index (χ3n) is 7.22. The number of thioether (sulfide) groups is 1. The largest absolute Gasteiger partial charge is 0.507 e. The van der Waals surface area contributed by atoms with Crippen molar-refractivity contribution >= 4 is 45.7 Å². The number of aliphatic hydroxyl groups excluding tert-OH is 1. The SMILES string of the molecule is CCOc1cc(C2/C(=C(\O)c3ccc(OC)cc3)C(=O)C(=O)N2c2nnc(SCc3ccc(F)cc3)s2)ccc1OCCC(C)C. The Kier molecular flexibility index (Phi) is 10.6. The monoisotopic (exact) mass is 663 g/mol. The van der Waals surface area contributed by atoms with Crippen LogP contribution in [0.5, 0.6) is 17.2 Å². The van der Waals surface area contributed by atoms with Crippen molar-refractivity contribution in [1.29, 1.82) is 0 Å². The molecule has 1 saturated heterocycles. The molecule has 1 unspecified atom stereocenters. The van der Waals surface area contributed by atoms with Crippen LogP contribution < -0.4 is 19.1 Å². The van der Waals surface area contributed by atoms with Crippen molar-refractivity contribution in [3.05, 3.63) is 94.8 Å². The highest BCUT2D eigenvalue weighted by atomic mass is 32.2. The highest BCUT2D eigenvalue weighted by Gasteiger charge is 2.48. The number of ether oxygens (including phenoxy) is 3. The standard InChI is InChI=1S/C34H34FN3O6S2/c1-5-43-27-18-23(10-15-26(27)44-17-16-20(2)3)29-28(30(39)22-8-13-25(42-4)14-9-22)31(40)32(41)38(29)33-36-37-34(46-33)45-19-21-6-11-24(35)12-7-21/h6-15,18,20,29,39H,5,16-17,19H2,1-4H3/b30-28+. The molecule has 1 fully saturated rings. The van der Waals surface area contributed by atoms with Gasteiger partial charge < -0.3 is 19.3 Å². The summed E-state index contributed by atoms with van der Waals surface area (Å²) in [6, 6.07) is 16.9. The number of halogens is 1. The van der Waals surface area contributed by atoms with E-state index >= 15 is 0 Å². The number of amides is 1. The highest BCUT2D eigenvalue weighted by Crippen LogP contribution is 2.45. The summed E-state index contributed by atoms with van der Waals surface area (Å²) in [6.07, 6.45) is 0.855. The second-order valence-electron chi connectivity index (χ2n) is 10.8. The Hall–Kier alpha value is -4.42. The van der Waals surface area contributed by atoms with Crippen LogP contribution in [0.15, 0.2) is 76.6 Å². The van der Waals surface area contributed by atoms with Crippen molar-refractivity contribution in [2.75, 3.05) is 25.2 Å². The Morgan fingerprint density at radius 3 is 2.43 bits per heavy atom. The lowest BCUT2D eigenvalue weighted by Crippen LogP contribution is -2.29. The summed E-state index contributed by atoms with van der Waals surface area (Å²) in [7, 11) is 1.53. The Balaban J connectivity index is 1.55. The number of carbonyl (C=O) groups is 2. The van der Waals surface area contributed by atoms with Crippen molar-refractivity contribution in [2.45, 2.75) is 43.3 Å². The molecule has 1 aliphatic rings. The molecule has 12 heteroatoms. The molecule has 240 valence electrons. The van der Waals surface area contributed by atoms with Crippen LogP contribution >= 0.6 is 23.1 Å². The summed E-state index contributed by atoms with van der Waals surface area (Å²) in [4.78, 5) is 28.6. The van der Waals surface area contributed by atoms with E-state index in [2.05, 4.69) is 24.0 Å². The van der Waals surface area contributed by atoms with Crippen LogP contribution in [-0.4, -0.2) is 47.3 Å². The first kappa shape index (κ1) is 33.0. The van der Waals surface area contributed by atoms with E-state index < -0.39 is 17.7 Å². The maximum Gasteiger partial charge on any atom is 0.301 e. The number of anilines is 1. The lowest BCUT2D eigenvalue weighted by atomic mass is 9.95. The molecule has 5 rings (SSSR count). The van der Waals surface area contributed by atoms with E-state index in [1.165, 1.54) is 35.9 Å². The number of aromatic nitrogens is 2. The molecule has 3 aromatic carbocycles. The van der Waals surface area contributed by atoms with Crippen molar-refractivity contribution in [3.63, 3.8) is 0 Å². The van der Waals surface area contributed by atoms with Crippen LogP contribution in [0.3, 0.4) is 0 Å². The molecular weight excluding hydrogens is 630 g/mol. The molecule has 9 nitrogen and oxygen atoms in total. The van der Waals surface area contributed by atoms with Gasteiger partial charge in [0.1, 0.15) is 17.3 Å². The fourth-order valence-corrected chi connectivity index (χ4v) is 6.64. The summed E-state index contributed by atoms with van der Waals surface area (Å²) >= 11 is 2.52. The summed E-state index contributed by atoms with van der Waals surface area (Å²) < 4.78 is 31.1. The first-order chi connectivity index (χ1) is 22.2. The van der Waals surface area contributed by atoms with Gasteiger partial charge in [0, 0.05) is 11.3 Å². The van der Waals surface area contributed by atoms with Crippen LogP contribution in [0.25, 0.3) is 5.76 Å². The van der Waals surface area contributed by atoms with Gasteiger partial charge in [-0.15, -0.1) is 10.2 Å². The maximum absolute atomic E-state index is 13.7. The molecule has 0 spiro atoms. The number of benzene rings is 3. The molecule has 0 radical (unpaired) electrons. The van der Waals surface area contributed by atoms with Crippen molar-refractivity contribution in [2.24, 2.45) is 5.92 Å². The second-order valence-corrected chi connectivity index (χ2v) is 13.0. The molecule has 1 aromatic heterocycles. The van der Waals surface area contributed by atoms with Gasteiger partial charge in [-0.3, -0.25) is 14.5 Å². The number of rotatable bonds is 13. The molecule has 46 heavy (non-hydrogen) atoms. The molecule has 1 amide bonds. The zero-order valence-corrected chi connectivity index (χ0v) is 27.5. The van der Waals surface area contributed by atoms with Gasteiger partial charge in [0.05, 0.1) is 31.9 Å². The fraction of sp³-hybridized carbons (Fsp3) is 0.294. The van der Waals surface area contributed by atoms with Crippen LogP contribution in [0.1, 0.15) is 49.9 Å². The Morgan fingerprint density at radius 1 is 1.02 bits per heavy atom. The number of methoxy groups -OCH3 is 1. The molecule has 2 heterocycles. The smallest absolute Gasteiger partial charge is 0.301 e. The predicted octanol–water partition coefficient (Wildman–Crippen LogP) is 7.43. The second kappa shape index (κ2) is 14.8. The average Bonchev–Trinajstić information content (AvgIpc) is 3.62. The molecule has 0 bridgehead atoms. The van der Waals surface area contributed by atoms with E-state index in [9.17, 15) is 19.1 Å². The summed E-state index contributed by atoms with van der Waals surface area (Å²) in [5.74, 6) is 0.162. The van der Waals surface area contributed by atoms with Gasteiger partial charge in [0.2, 0.25) is 5.13 Å². The number of Topliss-reactive ketones (excluding diaryl/α,β-unsaturated/α-hetero) is 1. The molecule has 0 saturated carbocycles. The average molecular weight is 664 g/mol. The van der Waals surface area contributed by atoms with E-state index in [0.717, 1.165) is 23.3 Å². The third kappa shape index (κ3) is 7.34. The van der Waals surface area contributed by atoms with E-state index in [-0.39, 0.29) is 22.3 Å². The van der Waals surface area contributed by atoms with Crippen molar-refractivity contribution in [3.8, 4) is 17.2 Å². The van der Waals surface area contributed by atoms with Crippen LogP contribution in [0, 0.1) is 11.7 Å². The molecule has 0 aliphatic carbocycles. The molecule has 1 aliphatic heterocycles. The van der Waals surface area contributed by atoms with Crippen molar-refractivity contribution < 1.29 is 33.3 Å². The third-order valence-corrected chi connectivity index (χ3v) is 9.35. The van der Waals surface area contributed by atoms with Gasteiger partial charge in [0.25, 0.3) is 5.78 Å². The lowest BCUT2D eigenvalue weighted by Gasteiger charge is -2.24. The Labute approximate surface area is 275 Å². The molecule has 1 N–H and O–H groups in total. The fourth-order valence-electron chi connectivity index (χ4n) is 4.82. The summed E-state index contributed by atoms with van der Waals surface area (Å²) in [5, 5.41) is 20.2. The maximum atomic E-state index is 13.7. The van der Waals surface area contributed by atoms with Crippen LogP contribution in [0.4, 0.5) is 9.52 Å². The number of ketones is 1. The van der Waals surface area contributed by atoms with Gasteiger partial charge in [-0.05, 0) is 78.9 Å². The van der Waals surface area contributed by atoms with Crippen LogP contribution in [0.2, 0.25) is 0 Å². The predicted molar refractivity (Wildman–Crippen MR) is 176 cm³/mol. The van der Waals surface area contributed by atoms with E-state index in [1.807, 2.05) is 6.92 Å². The summed E-state index contributed by atoms with van der Waals surface area (Å²) in [6.45, 7) is 6.94. The number of carbonyl (C=O) groups excluding carboxylic acids is 2. The van der Waals surface area contributed by atoms with Gasteiger partial charge in [-0.1, -0.05) is 55.1 Å². The van der Waals surface area contributed by atoms with Gasteiger partial charge in [-0.25, -0.2) is 4.39 Å². The first-order valence-corrected chi connectivity index (χ1v) is 16.6. The minimum Gasteiger partial charge on any atom is -0.507 e. The zero-order valence-electron chi connectivity index (χ0n) is 25.9. The minimum atomic E-state index is -1.03. The minimum absolute atomic E-state index is 0.0955. The number of hydrogen-bond acceptors (Lipinski definition) is 10. The quantitative estimate of drug-likeness (QED) is 0.0513. The number of hydrogen-bond donors (Lipinski definition) is 1. The topological polar surface area (TPSA) is 111 Å². The summed E-state index contributed by atoms with van der Waals surface area (Å²) in [5.41, 5.74) is 1.66. The lowest BCUT2D eigenvalue weighted by molar-refractivity contribution is -0.132. The van der Waals surface area contributed by atoms with E-state index in [0.29, 0.717) is 57.6 Å². The molecular formula is C34H34FN3O6S2. The van der Waals surface area contributed by atoms with Gasteiger partial charge >= 0.3 is 5.91 Å². The Morgan fingerprint density at radius 2 is 1.76 bits per heavy atom. The number of aliphatic hydroxyl groups is 1. The van der Waals surface area contributed by atoms with Crippen LogP contribution in [-0.2, 0) is 15.3 Å². The van der Waals surface area contributed by atoms with E-state index in [4.69, 9.17) is 14.2 Å². The van der Waals surface area contributed by atoms with Crippen molar-refractivity contribution in [1.82, 2.24) is 10.2 Å². The molecule has 1 atom stereocenters. The highest BCUT2D eigenvalue weighted by molar-refractivity contribution is 8.00. The zero-order chi connectivity index (χ0) is 32.8. The van der Waals surface area contributed by atoms with E-state index in [1.54, 1.807) is 54.6 Å². The van der Waals surface area contributed by atoms with Gasteiger partial charge in [0.15, 0.2) is 15.8 Å². The van der Waals surface area contributed by atoms with Gasteiger partial charge in [-0.2, -0.15) is 0 Å². The normalized spacial score (nSPS) is 15.9. The number of nitrogens with zero attached hydrogens (tertiary/aromatic N) is 3. The molecule has 4 aromatic rings. The first-order valence-electron chi connectivity index (χ1n) is 14.8. The Bertz CT molecular complexity index is 1720.